The van der Waals surface area contributed by atoms with Gasteiger partial charge < -0.3 is 5.32 Å². The summed E-state index contributed by atoms with van der Waals surface area (Å²) in [5.41, 5.74) is 3.28. The second kappa shape index (κ2) is 9.08. The predicted molar refractivity (Wildman–Crippen MR) is 123 cm³/mol. The van der Waals surface area contributed by atoms with E-state index in [-0.39, 0.29) is 12.5 Å². The number of anilines is 2. The molecule has 0 atom stereocenters. The molecule has 0 fully saturated rings. The molecule has 1 N–H and O–H groups in total. The summed E-state index contributed by atoms with van der Waals surface area (Å²) in [6.07, 6.45) is 1.16. The number of carbonyl (C=O) groups is 1. The molecule has 3 aromatic carbocycles. The summed E-state index contributed by atoms with van der Waals surface area (Å²) in [5.74, 6) is -0.357. The van der Waals surface area contributed by atoms with Gasteiger partial charge in [0.2, 0.25) is 10.0 Å². The fourth-order valence-corrected chi connectivity index (χ4v) is 4.28. The predicted octanol–water partition coefficient (Wildman–Crippen LogP) is 5.52. The summed E-state index contributed by atoms with van der Waals surface area (Å²) in [6.45, 7) is 2.17. The lowest BCUT2D eigenvalue weighted by Crippen LogP contribution is -2.29. The van der Waals surface area contributed by atoms with E-state index < -0.39 is 10.0 Å². The van der Waals surface area contributed by atoms with E-state index in [4.69, 9.17) is 23.2 Å². The largest absolute Gasteiger partial charge is 0.322 e. The molecule has 30 heavy (non-hydrogen) atoms. The molecule has 1 amide bonds. The third kappa shape index (κ3) is 5.75. The van der Waals surface area contributed by atoms with E-state index in [1.165, 1.54) is 4.31 Å². The Morgan fingerprint density at radius 2 is 1.50 bits per heavy atom. The van der Waals surface area contributed by atoms with Crippen LogP contribution in [0.4, 0.5) is 11.4 Å². The minimum Gasteiger partial charge on any atom is -0.322 e. The first-order valence-corrected chi connectivity index (χ1v) is 11.6. The zero-order valence-electron chi connectivity index (χ0n) is 16.4. The number of sulfonamides is 1. The molecule has 0 radical (unpaired) electrons. The molecule has 3 aromatic rings. The molecule has 0 saturated carbocycles. The zero-order valence-corrected chi connectivity index (χ0v) is 18.7. The maximum atomic E-state index is 12.5. The summed E-state index contributed by atoms with van der Waals surface area (Å²) in [7, 11) is -3.51. The molecule has 3 rings (SSSR count). The van der Waals surface area contributed by atoms with E-state index in [0.717, 1.165) is 17.4 Å². The Bertz CT molecular complexity index is 1140. The summed E-state index contributed by atoms with van der Waals surface area (Å²) in [6, 6.07) is 18.8. The Morgan fingerprint density at radius 1 is 0.933 bits per heavy atom. The van der Waals surface area contributed by atoms with E-state index in [9.17, 15) is 13.2 Å². The van der Waals surface area contributed by atoms with Crippen LogP contribution >= 0.6 is 23.2 Å². The van der Waals surface area contributed by atoms with Crippen molar-refractivity contribution in [2.24, 2.45) is 0 Å². The van der Waals surface area contributed by atoms with Gasteiger partial charge in [-0.05, 0) is 55.0 Å². The van der Waals surface area contributed by atoms with Gasteiger partial charge in [0.25, 0.3) is 5.91 Å². The van der Waals surface area contributed by atoms with Crippen molar-refractivity contribution in [1.29, 1.82) is 0 Å². The molecule has 0 bridgehead atoms. The number of halogens is 2. The highest BCUT2D eigenvalue weighted by atomic mass is 35.5. The summed E-state index contributed by atoms with van der Waals surface area (Å²) < 4.78 is 26.0. The van der Waals surface area contributed by atoms with E-state index in [2.05, 4.69) is 5.32 Å². The smallest absolute Gasteiger partial charge is 0.255 e. The van der Waals surface area contributed by atoms with Crippen LogP contribution < -0.4 is 9.62 Å². The molecule has 0 aliphatic carbocycles. The van der Waals surface area contributed by atoms with E-state index in [0.29, 0.717) is 27.0 Å². The highest BCUT2D eigenvalue weighted by molar-refractivity contribution is 7.92. The Morgan fingerprint density at radius 3 is 2.03 bits per heavy atom. The quantitative estimate of drug-likeness (QED) is 0.524. The third-order valence-electron chi connectivity index (χ3n) is 4.39. The lowest BCUT2D eigenvalue weighted by atomic mass is 10.1. The summed E-state index contributed by atoms with van der Waals surface area (Å²) in [4.78, 5) is 12.5. The van der Waals surface area contributed by atoms with Crippen LogP contribution in [-0.4, -0.2) is 20.6 Å². The second-order valence-electron chi connectivity index (χ2n) is 6.91. The number of hydrogen-bond donors (Lipinski definition) is 1. The number of nitrogens with one attached hydrogen (secondary N) is 1. The maximum Gasteiger partial charge on any atom is 0.255 e. The van der Waals surface area contributed by atoms with Gasteiger partial charge in [-0.25, -0.2) is 8.42 Å². The second-order valence-corrected chi connectivity index (χ2v) is 9.69. The van der Waals surface area contributed by atoms with Crippen molar-refractivity contribution in [3.8, 4) is 0 Å². The number of hydrogen-bond acceptors (Lipinski definition) is 3. The van der Waals surface area contributed by atoms with E-state index in [1.54, 1.807) is 42.5 Å². The standard InChI is InChI=1S/C22H20Cl2N2O3S/c1-15-3-5-16(6-4-15)14-26(30(2,28)29)21-9-7-17(8-10-21)22(27)25-20-12-18(23)11-19(24)13-20/h3-13H,14H2,1-2H3,(H,25,27). The molecule has 0 saturated heterocycles. The number of rotatable bonds is 6. The normalized spacial score (nSPS) is 11.2. The number of aryl methyl sites for hydroxylation is 1. The fraction of sp³-hybridized carbons (Fsp3) is 0.136. The Balaban J connectivity index is 1.80. The van der Waals surface area contributed by atoms with E-state index in [1.807, 2.05) is 31.2 Å². The zero-order chi connectivity index (χ0) is 21.9. The average molecular weight is 463 g/mol. The first kappa shape index (κ1) is 22.2. The molecule has 0 aliphatic rings. The van der Waals surface area contributed by atoms with Crippen LogP contribution in [0.2, 0.25) is 10.0 Å². The van der Waals surface area contributed by atoms with Crippen molar-refractivity contribution in [3.05, 3.63) is 93.5 Å². The van der Waals surface area contributed by atoms with Gasteiger partial charge in [0.1, 0.15) is 0 Å². The van der Waals surface area contributed by atoms with Gasteiger partial charge >= 0.3 is 0 Å². The number of nitrogens with zero attached hydrogens (tertiary/aromatic N) is 1. The van der Waals surface area contributed by atoms with Crippen LogP contribution in [-0.2, 0) is 16.6 Å². The van der Waals surface area contributed by atoms with Crippen LogP contribution in [0.5, 0.6) is 0 Å². The van der Waals surface area contributed by atoms with Crippen LogP contribution in [0, 0.1) is 6.92 Å². The summed E-state index contributed by atoms with van der Waals surface area (Å²) >= 11 is 11.9. The van der Waals surface area contributed by atoms with Gasteiger partial charge in [-0.3, -0.25) is 9.10 Å². The Hall–Kier alpha value is -2.54. The van der Waals surface area contributed by atoms with Crippen LogP contribution in [0.1, 0.15) is 21.5 Å². The van der Waals surface area contributed by atoms with Crippen molar-refractivity contribution >= 4 is 50.5 Å². The molecule has 5 nitrogen and oxygen atoms in total. The van der Waals surface area contributed by atoms with Crippen LogP contribution in [0.15, 0.2) is 66.7 Å². The SMILES string of the molecule is Cc1ccc(CN(c2ccc(C(=O)Nc3cc(Cl)cc(Cl)c3)cc2)S(C)(=O)=O)cc1. The van der Waals surface area contributed by atoms with Crippen LogP contribution in [0.25, 0.3) is 0 Å². The molecule has 8 heteroatoms. The van der Waals surface area contributed by atoms with Gasteiger partial charge in [0.05, 0.1) is 18.5 Å². The Labute approximate surface area is 186 Å². The van der Waals surface area contributed by atoms with Crippen molar-refractivity contribution in [1.82, 2.24) is 0 Å². The van der Waals surface area contributed by atoms with Gasteiger partial charge in [-0.2, -0.15) is 0 Å². The fourth-order valence-electron chi connectivity index (χ4n) is 2.87. The topological polar surface area (TPSA) is 66.5 Å². The molecule has 0 spiro atoms. The van der Waals surface area contributed by atoms with Gasteiger partial charge in [0, 0.05) is 21.3 Å². The number of carbonyl (C=O) groups excluding carboxylic acids is 1. The van der Waals surface area contributed by atoms with Crippen molar-refractivity contribution in [2.45, 2.75) is 13.5 Å². The Kier molecular flexibility index (Phi) is 6.71. The average Bonchev–Trinajstić information content (AvgIpc) is 2.66. The van der Waals surface area contributed by atoms with Crippen LogP contribution in [0.3, 0.4) is 0 Å². The first-order chi connectivity index (χ1) is 14.1. The summed E-state index contributed by atoms with van der Waals surface area (Å²) in [5, 5.41) is 3.54. The molecular weight excluding hydrogens is 443 g/mol. The van der Waals surface area contributed by atoms with Gasteiger partial charge in [-0.1, -0.05) is 53.0 Å². The lowest BCUT2D eigenvalue weighted by Gasteiger charge is -2.23. The minimum atomic E-state index is -3.51. The highest BCUT2D eigenvalue weighted by Gasteiger charge is 2.18. The lowest BCUT2D eigenvalue weighted by molar-refractivity contribution is 0.102. The molecule has 156 valence electrons. The monoisotopic (exact) mass is 462 g/mol. The third-order valence-corrected chi connectivity index (χ3v) is 5.96. The number of amides is 1. The van der Waals surface area contributed by atoms with Crippen molar-refractivity contribution < 1.29 is 13.2 Å². The maximum absolute atomic E-state index is 12.5. The first-order valence-electron chi connectivity index (χ1n) is 9.02. The number of benzene rings is 3. The highest BCUT2D eigenvalue weighted by Crippen LogP contribution is 2.24. The van der Waals surface area contributed by atoms with Crippen molar-refractivity contribution in [3.63, 3.8) is 0 Å². The van der Waals surface area contributed by atoms with Gasteiger partial charge in [-0.15, -0.1) is 0 Å². The van der Waals surface area contributed by atoms with E-state index >= 15 is 0 Å². The van der Waals surface area contributed by atoms with Crippen molar-refractivity contribution in [2.75, 3.05) is 15.9 Å². The molecule has 0 unspecified atom stereocenters. The molecule has 0 heterocycles. The molecule has 0 aliphatic heterocycles. The molecule has 0 aromatic heterocycles. The molecular formula is C22H20Cl2N2O3S. The minimum absolute atomic E-state index is 0.200. The van der Waals surface area contributed by atoms with Gasteiger partial charge in [0.15, 0.2) is 0 Å².